The average Bonchev–Trinajstić information content (AvgIpc) is 3.14. The molecule has 1 aromatic rings. The number of hydrogen-bond acceptors (Lipinski definition) is 5. The van der Waals surface area contributed by atoms with Crippen molar-refractivity contribution in [3.8, 4) is 6.07 Å². The van der Waals surface area contributed by atoms with E-state index in [2.05, 4.69) is 11.4 Å². The summed E-state index contributed by atoms with van der Waals surface area (Å²) in [5.41, 5.74) is 6.49. The Morgan fingerprint density at radius 3 is 2.50 bits per heavy atom. The zero-order valence-corrected chi connectivity index (χ0v) is 18.4. The Balaban J connectivity index is 1.25. The minimum absolute atomic E-state index is 0.111. The van der Waals surface area contributed by atoms with Gasteiger partial charge in [0.2, 0.25) is 11.8 Å². The molecule has 0 aromatic heterocycles. The summed E-state index contributed by atoms with van der Waals surface area (Å²) in [6.45, 7) is 0.304. The van der Waals surface area contributed by atoms with Crippen molar-refractivity contribution in [3.05, 3.63) is 35.9 Å². The SMILES string of the molecule is N#C[C@@H]1C[C@H](NC(=O)Cc2ccccc2)CN1C(=O)[C@@H](N)C12CC3CC(CC(O)(C3)C1)C2. The van der Waals surface area contributed by atoms with E-state index >= 15 is 0 Å². The van der Waals surface area contributed by atoms with Gasteiger partial charge >= 0.3 is 0 Å². The molecule has 32 heavy (non-hydrogen) atoms. The number of likely N-dealkylation sites (tertiary alicyclic amines) is 1. The summed E-state index contributed by atoms with van der Waals surface area (Å²) < 4.78 is 0. The maximum atomic E-state index is 13.5. The summed E-state index contributed by atoms with van der Waals surface area (Å²) in [5, 5.41) is 23.7. The maximum Gasteiger partial charge on any atom is 0.241 e. The number of amides is 2. The quantitative estimate of drug-likeness (QED) is 0.646. The van der Waals surface area contributed by atoms with E-state index in [1.54, 1.807) is 4.90 Å². The smallest absolute Gasteiger partial charge is 0.241 e. The van der Waals surface area contributed by atoms with Gasteiger partial charge < -0.3 is 21.1 Å². The van der Waals surface area contributed by atoms with Gasteiger partial charge in [-0.2, -0.15) is 5.26 Å². The molecule has 0 radical (unpaired) electrons. The molecule has 2 unspecified atom stereocenters. The molecule has 7 nitrogen and oxygen atoms in total. The standard InChI is InChI=1S/C25H32N4O3/c26-13-20-8-19(28-21(30)7-16-4-2-1-3-5-16)14-29(20)23(31)22(27)24-9-17-6-18(10-24)12-25(32,11-17)15-24/h1-5,17-20,22,32H,6-12,14-15,27H2,(H,28,30)/t17?,18?,19-,20-,22+,24?,25?/m0/s1. The zero-order valence-electron chi connectivity index (χ0n) is 18.4. The topological polar surface area (TPSA) is 119 Å². The molecular formula is C25H32N4O3. The fourth-order valence-electron chi connectivity index (χ4n) is 7.46. The van der Waals surface area contributed by atoms with Crippen molar-refractivity contribution in [1.29, 1.82) is 5.26 Å². The van der Waals surface area contributed by atoms with Crippen LogP contribution in [-0.4, -0.2) is 52.1 Å². The predicted octanol–water partition coefficient (Wildman–Crippen LogP) is 1.50. The molecule has 5 atom stereocenters. The molecule has 6 rings (SSSR count). The first-order chi connectivity index (χ1) is 15.3. The molecule has 2 amide bonds. The lowest BCUT2D eigenvalue weighted by Gasteiger charge is -2.61. The largest absolute Gasteiger partial charge is 0.390 e. The molecule has 1 saturated heterocycles. The molecule has 4 saturated carbocycles. The Labute approximate surface area is 189 Å². The first kappa shape index (κ1) is 21.4. The van der Waals surface area contributed by atoms with Gasteiger partial charge in [0.05, 0.1) is 24.1 Å². The van der Waals surface area contributed by atoms with E-state index in [-0.39, 0.29) is 29.7 Å². The number of carbonyl (C=O) groups is 2. The van der Waals surface area contributed by atoms with Crippen LogP contribution < -0.4 is 11.1 Å². The number of nitrogens with zero attached hydrogens (tertiary/aromatic N) is 2. The number of aliphatic hydroxyl groups is 1. The molecule has 0 spiro atoms. The maximum absolute atomic E-state index is 13.5. The molecule has 5 fully saturated rings. The minimum atomic E-state index is -0.713. The van der Waals surface area contributed by atoms with Gasteiger partial charge in [0.15, 0.2) is 0 Å². The van der Waals surface area contributed by atoms with Gasteiger partial charge in [-0.15, -0.1) is 0 Å². The molecule has 4 N–H and O–H groups in total. The van der Waals surface area contributed by atoms with Crippen molar-refractivity contribution in [3.63, 3.8) is 0 Å². The third-order valence-electron chi connectivity index (χ3n) is 8.31. The van der Waals surface area contributed by atoms with Crippen molar-refractivity contribution < 1.29 is 14.7 Å². The third-order valence-corrected chi connectivity index (χ3v) is 8.31. The van der Waals surface area contributed by atoms with Crippen molar-refractivity contribution >= 4 is 11.8 Å². The molecule has 1 aromatic carbocycles. The monoisotopic (exact) mass is 436 g/mol. The molecule has 4 bridgehead atoms. The van der Waals surface area contributed by atoms with E-state index in [0.29, 0.717) is 31.2 Å². The molecule has 1 aliphatic heterocycles. The normalized spacial score (nSPS) is 38.3. The van der Waals surface area contributed by atoms with Crippen LogP contribution in [0.5, 0.6) is 0 Å². The van der Waals surface area contributed by atoms with Gasteiger partial charge in [0, 0.05) is 19.0 Å². The summed E-state index contributed by atoms with van der Waals surface area (Å²) in [5.74, 6) is 0.563. The van der Waals surface area contributed by atoms with Crippen LogP contribution in [0.4, 0.5) is 0 Å². The average molecular weight is 437 g/mol. The highest BCUT2D eigenvalue weighted by molar-refractivity contribution is 5.84. The number of nitrogens with one attached hydrogen (secondary N) is 1. The Bertz CT molecular complexity index is 928. The third kappa shape index (κ3) is 3.80. The lowest BCUT2D eigenvalue weighted by Crippen LogP contribution is -2.64. The van der Waals surface area contributed by atoms with E-state index in [1.165, 1.54) is 0 Å². The van der Waals surface area contributed by atoms with Crippen LogP contribution in [0.15, 0.2) is 30.3 Å². The van der Waals surface area contributed by atoms with Gasteiger partial charge in [-0.25, -0.2) is 0 Å². The van der Waals surface area contributed by atoms with Gasteiger partial charge in [-0.3, -0.25) is 9.59 Å². The van der Waals surface area contributed by atoms with Gasteiger partial charge in [-0.1, -0.05) is 30.3 Å². The lowest BCUT2D eigenvalue weighted by atomic mass is 9.46. The second kappa shape index (κ2) is 7.86. The van der Waals surface area contributed by atoms with Crippen LogP contribution in [0.2, 0.25) is 0 Å². The fraction of sp³-hybridized carbons (Fsp3) is 0.640. The number of carbonyl (C=O) groups excluding carboxylic acids is 2. The van der Waals surface area contributed by atoms with E-state index in [0.717, 1.165) is 37.7 Å². The second-order valence-corrected chi connectivity index (χ2v) is 10.8. The van der Waals surface area contributed by atoms with Gasteiger partial charge in [-0.05, 0) is 61.3 Å². The van der Waals surface area contributed by atoms with Gasteiger partial charge in [0.25, 0.3) is 0 Å². The highest BCUT2D eigenvalue weighted by atomic mass is 16.3. The van der Waals surface area contributed by atoms with E-state index in [9.17, 15) is 20.0 Å². The van der Waals surface area contributed by atoms with Crippen molar-refractivity contribution in [2.45, 2.75) is 75.1 Å². The van der Waals surface area contributed by atoms with E-state index in [4.69, 9.17) is 5.73 Å². The van der Waals surface area contributed by atoms with Gasteiger partial charge in [0.1, 0.15) is 6.04 Å². The predicted molar refractivity (Wildman–Crippen MR) is 118 cm³/mol. The second-order valence-electron chi connectivity index (χ2n) is 10.8. The van der Waals surface area contributed by atoms with E-state index in [1.807, 2.05) is 30.3 Å². The number of rotatable bonds is 5. The number of benzene rings is 1. The van der Waals surface area contributed by atoms with Crippen LogP contribution in [0.25, 0.3) is 0 Å². The molecular weight excluding hydrogens is 404 g/mol. The highest BCUT2D eigenvalue weighted by Crippen LogP contribution is 2.62. The molecule has 1 heterocycles. The Morgan fingerprint density at radius 1 is 1.19 bits per heavy atom. The van der Waals surface area contributed by atoms with Crippen LogP contribution in [0.3, 0.4) is 0 Å². The van der Waals surface area contributed by atoms with Crippen molar-refractivity contribution in [2.75, 3.05) is 6.54 Å². The Hall–Kier alpha value is -2.43. The minimum Gasteiger partial charge on any atom is -0.390 e. The van der Waals surface area contributed by atoms with Crippen molar-refractivity contribution in [1.82, 2.24) is 10.2 Å². The lowest BCUT2D eigenvalue weighted by molar-refractivity contribution is -0.177. The van der Waals surface area contributed by atoms with E-state index < -0.39 is 17.7 Å². The van der Waals surface area contributed by atoms with Crippen LogP contribution in [-0.2, 0) is 16.0 Å². The molecule has 5 aliphatic rings. The highest BCUT2D eigenvalue weighted by Gasteiger charge is 2.61. The van der Waals surface area contributed by atoms with Crippen LogP contribution >= 0.6 is 0 Å². The number of hydrogen-bond donors (Lipinski definition) is 3. The number of nitrogens with two attached hydrogens (primary N) is 1. The number of nitriles is 1. The van der Waals surface area contributed by atoms with Crippen LogP contribution in [0, 0.1) is 28.6 Å². The Morgan fingerprint density at radius 2 is 1.88 bits per heavy atom. The summed E-state index contributed by atoms with van der Waals surface area (Å²) in [6, 6.07) is 10.2. The fourth-order valence-corrected chi connectivity index (χ4v) is 7.46. The zero-order chi connectivity index (χ0) is 22.5. The summed E-state index contributed by atoms with van der Waals surface area (Å²) >= 11 is 0. The van der Waals surface area contributed by atoms with Crippen molar-refractivity contribution in [2.24, 2.45) is 23.0 Å². The van der Waals surface area contributed by atoms with Crippen LogP contribution in [0.1, 0.15) is 50.5 Å². The summed E-state index contributed by atoms with van der Waals surface area (Å²) in [6.07, 6.45) is 5.83. The first-order valence-corrected chi connectivity index (χ1v) is 11.8. The first-order valence-electron chi connectivity index (χ1n) is 11.8. The summed E-state index contributed by atoms with van der Waals surface area (Å²) in [7, 11) is 0. The molecule has 4 aliphatic carbocycles. The summed E-state index contributed by atoms with van der Waals surface area (Å²) in [4.78, 5) is 27.6. The molecule has 170 valence electrons. The Kier molecular flexibility index (Phi) is 5.26. The molecule has 7 heteroatoms.